The first-order valence-electron chi connectivity index (χ1n) is 6.55. The molecule has 1 heterocycles. The molecule has 7 nitrogen and oxygen atoms in total. The Hall–Kier alpha value is -1.29. The first-order valence-corrected chi connectivity index (χ1v) is 8.03. The zero-order chi connectivity index (χ0) is 15.5. The molecule has 1 aliphatic heterocycles. The van der Waals surface area contributed by atoms with Gasteiger partial charge in [-0.3, -0.25) is 10.1 Å². The highest BCUT2D eigenvalue weighted by atomic mass is 35.5. The Morgan fingerprint density at radius 3 is 2.77 bits per heavy atom. The Kier molecular flexibility index (Phi) is 6.66. The first kappa shape index (κ1) is 18.8. The van der Waals surface area contributed by atoms with E-state index < -0.39 is 31.3 Å². The summed E-state index contributed by atoms with van der Waals surface area (Å²) in [6.45, 7) is 1.76. The third-order valence-corrected chi connectivity index (χ3v) is 4.84. The molecule has 1 atom stereocenters. The first-order chi connectivity index (χ1) is 9.92. The fourth-order valence-corrected chi connectivity index (χ4v) is 3.59. The number of sulfonamides is 1. The lowest BCUT2D eigenvalue weighted by Gasteiger charge is -2.22. The molecule has 2 rings (SSSR count). The molecular formula is C12H17ClFN3O4S. The van der Waals surface area contributed by atoms with E-state index in [0.29, 0.717) is 6.54 Å². The van der Waals surface area contributed by atoms with E-state index in [-0.39, 0.29) is 24.9 Å². The molecule has 1 unspecified atom stereocenters. The van der Waals surface area contributed by atoms with Crippen LogP contribution in [0.2, 0.25) is 0 Å². The summed E-state index contributed by atoms with van der Waals surface area (Å²) in [6.07, 6.45) is 1.83. The van der Waals surface area contributed by atoms with Crippen molar-refractivity contribution in [3.05, 3.63) is 34.1 Å². The van der Waals surface area contributed by atoms with Crippen molar-refractivity contribution in [3.8, 4) is 0 Å². The summed E-state index contributed by atoms with van der Waals surface area (Å²) in [6, 6.07) is 3.03. The summed E-state index contributed by atoms with van der Waals surface area (Å²) >= 11 is 0. The fourth-order valence-electron chi connectivity index (χ4n) is 2.29. The molecule has 0 spiro atoms. The minimum Gasteiger partial charge on any atom is -0.316 e. The molecule has 10 heteroatoms. The Bertz CT molecular complexity index is 635. The van der Waals surface area contributed by atoms with Gasteiger partial charge in [0.15, 0.2) is 4.90 Å². The molecule has 124 valence electrons. The van der Waals surface area contributed by atoms with E-state index in [9.17, 15) is 22.9 Å². The summed E-state index contributed by atoms with van der Waals surface area (Å²) < 4.78 is 40.1. The molecule has 1 fully saturated rings. The van der Waals surface area contributed by atoms with Gasteiger partial charge in [0.1, 0.15) is 0 Å². The van der Waals surface area contributed by atoms with Crippen LogP contribution in [0.4, 0.5) is 10.1 Å². The van der Waals surface area contributed by atoms with Crippen LogP contribution in [-0.4, -0.2) is 33.0 Å². The lowest BCUT2D eigenvalue weighted by atomic mass is 10.0. The van der Waals surface area contributed by atoms with Crippen LogP contribution in [0.5, 0.6) is 0 Å². The predicted molar refractivity (Wildman–Crippen MR) is 81.1 cm³/mol. The molecule has 1 saturated heterocycles. The Balaban J connectivity index is 0.00000242. The van der Waals surface area contributed by atoms with Crippen molar-refractivity contribution in [2.75, 3.05) is 19.6 Å². The third-order valence-electron chi connectivity index (χ3n) is 3.38. The smallest absolute Gasteiger partial charge is 0.316 e. The van der Waals surface area contributed by atoms with Gasteiger partial charge in [-0.05, 0) is 44.0 Å². The van der Waals surface area contributed by atoms with E-state index in [1.807, 2.05) is 0 Å². The molecule has 0 bridgehead atoms. The highest BCUT2D eigenvalue weighted by Crippen LogP contribution is 2.26. The van der Waals surface area contributed by atoms with Crippen molar-refractivity contribution in [1.29, 1.82) is 0 Å². The van der Waals surface area contributed by atoms with E-state index >= 15 is 0 Å². The maximum Gasteiger partial charge on any atom is 0.324 e. The molecule has 0 saturated carbocycles. The number of piperidine rings is 1. The van der Waals surface area contributed by atoms with Crippen LogP contribution in [0, 0.1) is 21.8 Å². The average molecular weight is 354 g/mol. The SMILES string of the molecule is Cl.O=[N+]([O-])c1c(F)cccc1S(=O)(=O)NCC1CCCNC1. The van der Waals surface area contributed by atoms with Gasteiger partial charge in [0.25, 0.3) is 0 Å². The molecule has 22 heavy (non-hydrogen) atoms. The number of nitro groups is 1. The number of halogens is 2. The molecule has 1 aromatic rings. The Morgan fingerprint density at radius 1 is 1.45 bits per heavy atom. The number of hydrogen-bond donors (Lipinski definition) is 2. The van der Waals surface area contributed by atoms with Gasteiger partial charge in [-0.15, -0.1) is 12.4 Å². The number of nitrogens with zero attached hydrogens (tertiary/aromatic N) is 1. The lowest BCUT2D eigenvalue weighted by molar-refractivity contribution is -0.390. The highest BCUT2D eigenvalue weighted by Gasteiger charge is 2.29. The number of para-hydroxylation sites is 1. The zero-order valence-corrected chi connectivity index (χ0v) is 13.3. The molecule has 0 amide bonds. The van der Waals surface area contributed by atoms with E-state index in [4.69, 9.17) is 0 Å². The summed E-state index contributed by atoms with van der Waals surface area (Å²) in [4.78, 5) is 9.19. The second kappa shape index (κ2) is 7.82. The van der Waals surface area contributed by atoms with Gasteiger partial charge < -0.3 is 5.32 Å². The summed E-state index contributed by atoms with van der Waals surface area (Å²) in [5, 5.41) is 14.0. The van der Waals surface area contributed by atoms with Gasteiger partial charge in [0.05, 0.1) is 4.92 Å². The normalized spacial score (nSPS) is 18.5. The van der Waals surface area contributed by atoms with Crippen LogP contribution < -0.4 is 10.0 Å². The summed E-state index contributed by atoms with van der Waals surface area (Å²) in [5.41, 5.74) is -1.02. The maximum atomic E-state index is 13.5. The van der Waals surface area contributed by atoms with Crippen molar-refractivity contribution in [2.24, 2.45) is 5.92 Å². The topological polar surface area (TPSA) is 101 Å². The van der Waals surface area contributed by atoms with Crippen molar-refractivity contribution >= 4 is 28.1 Å². The number of hydrogen-bond acceptors (Lipinski definition) is 5. The number of nitro benzene ring substituents is 1. The average Bonchev–Trinajstić information content (AvgIpc) is 2.46. The minimum atomic E-state index is -4.12. The Labute approximate surface area is 133 Å². The van der Waals surface area contributed by atoms with Gasteiger partial charge in [-0.2, -0.15) is 4.39 Å². The largest absolute Gasteiger partial charge is 0.324 e. The van der Waals surface area contributed by atoms with E-state index in [1.54, 1.807) is 0 Å². The standard InChI is InChI=1S/C12H16FN3O4S.ClH/c13-10-4-1-5-11(12(10)16(17)18)21(19,20)15-8-9-3-2-6-14-7-9;/h1,4-5,9,14-15H,2-3,6-8H2;1H. The molecule has 0 aromatic heterocycles. The van der Waals surface area contributed by atoms with Crippen LogP contribution in [0.1, 0.15) is 12.8 Å². The van der Waals surface area contributed by atoms with Crippen molar-refractivity contribution in [2.45, 2.75) is 17.7 Å². The minimum absolute atomic E-state index is 0. The molecule has 0 aliphatic carbocycles. The maximum absolute atomic E-state index is 13.5. The van der Waals surface area contributed by atoms with E-state index in [2.05, 4.69) is 10.0 Å². The van der Waals surface area contributed by atoms with Crippen LogP contribution in [0.25, 0.3) is 0 Å². The highest BCUT2D eigenvalue weighted by molar-refractivity contribution is 7.89. The number of rotatable bonds is 5. The second-order valence-electron chi connectivity index (χ2n) is 4.91. The summed E-state index contributed by atoms with van der Waals surface area (Å²) in [5.74, 6) is -1.04. The van der Waals surface area contributed by atoms with E-state index in [1.165, 1.54) is 0 Å². The zero-order valence-electron chi connectivity index (χ0n) is 11.6. The molecular weight excluding hydrogens is 337 g/mol. The Morgan fingerprint density at radius 2 is 2.18 bits per heavy atom. The number of nitrogens with one attached hydrogen (secondary N) is 2. The van der Waals surface area contributed by atoms with Gasteiger partial charge in [0.2, 0.25) is 15.8 Å². The molecule has 0 radical (unpaired) electrons. The van der Waals surface area contributed by atoms with Crippen LogP contribution >= 0.6 is 12.4 Å². The molecule has 1 aromatic carbocycles. The molecule has 2 N–H and O–H groups in total. The summed E-state index contributed by atoms with van der Waals surface area (Å²) in [7, 11) is -4.12. The van der Waals surface area contributed by atoms with Crippen LogP contribution in [0.15, 0.2) is 23.1 Å². The van der Waals surface area contributed by atoms with Gasteiger partial charge >= 0.3 is 5.69 Å². The van der Waals surface area contributed by atoms with Gasteiger partial charge in [0, 0.05) is 6.54 Å². The van der Waals surface area contributed by atoms with Crippen molar-refractivity contribution in [1.82, 2.24) is 10.0 Å². The van der Waals surface area contributed by atoms with Gasteiger partial charge in [-0.25, -0.2) is 13.1 Å². The number of benzene rings is 1. The van der Waals surface area contributed by atoms with Crippen LogP contribution in [-0.2, 0) is 10.0 Å². The van der Waals surface area contributed by atoms with Crippen molar-refractivity contribution in [3.63, 3.8) is 0 Å². The monoisotopic (exact) mass is 353 g/mol. The lowest BCUT2D eigenvalue weighted by Crippen LogP contribution is -2.38. The quantitative estimate of drug-likeness (QED) is 0.616. The third kappa shape index (κ3) is 4.35. The predicted octanol–water partition coefficient (Wildman–Crippen LogP) is 1.43. The second-order valence-corrected chi connectivity index (χ2v) is 6.64. The van der Waals surface area contributed by atoms with Gasteiger partial charge in [-0.1, -0.05) is 6.07 Å². The molecule has 1 aliphatic rings. The van der Waals surface area contributed by atoms with Crippen LogP contribution in [0.3, 0.4) is 0 Å². The van der Waals surface area contributed by atoms with E-state index in [0.717, 1.165) is 37.6 Å². The fraction of sp³-hybridized carbons (Fsp3) is 0.500. The van der Waals surface area contributed by atoms with Crippen molar-refractivity contribution < 1.29 is 17.7 Å².